The maximum absolute atomic E-state index is 12.3. The van der Waals surface area contributed by atoms with Crippen LogP contribution >= 0.6 is 0 Å². The Balaban J connectivity index is 1.86. The molecule has 0 saturated carbocycles. The topological polar surface area (TPSA) is 84.2 Å². The number of aryl methyl sites for hydroxylation is 2. The van der Waals surface area contributed by atoms with Gasteiger partial charge in [-0.25, -0.2) is 4.79 Å². The van der Waals surface area contributed by atoms with Gasteiger partial charge in [-0.1, -0.05) is 36.4 Å². The molecule has 0 saturated heterocycles. The van der Waals surface area contributed by atoms with E-state index in [2.05, 4.69) is 22.8 Å². The molecule has 4 N–H and O–H groups in total. The van der Waals surface area contributed by atoms with Crippen molar-refractivity contribution in [3.05, 3.63) is 65.2 Å². The van der Waals surface area contributed by atoms with E-state index in [1.54, 1.807) is 0 Å². The van der Waals surface area contributed by atoms with Gasteiger partial charge in [0.15, 0.2) is 0 Å². The summed E-state index contributed by atoms with van der Waals surface area (Å²) in [4.78, 5) is 23.3. The smallest absolute Gasteiger partial charge is 0.318 e. The summed E-state index contributed by atoms with van der Waals surface area (Å²) in [5, 5.41) is 5.36. The molecule has 0 aliphatic heterocycles. The first-order chi connectivity index (χ1) is 11.1. The molecule has 3 rings (SSSR count). The van der Waals surface area contributed by atoms with Gasteiger partial charge in [-0.15, -0.1) is 0 Å². The number of imide groups is 1. The quantitative estimate of drug-likeness (QED) is 0.811. The van der Waals surface area contributed by atoms with Gasteiger partial charge in [0.2, 0.25) is 0 Å². The lowest BCUT2D eigenvalue weighted by Gasteiger charge is -2.19. The van der Waals surface area contributed by atoms with E-state index in [0.29, 0.717) is 0 Å². The zero-order valence-electron chi connectivity index (χ0n) is 12.7. The largest absolute Gasteiger partial charge is 0.370 e. The number of carbonyl (C=O) groups excluding carboxylic acids is 2. The fourth-order valence-electron chi connectivity index (χ4n) is 2.97. The minimum atomic E-state index is -0.855. The second-order valence-electron chi connectivity index (χ2n) is 5.68. The van der Waals surface area contributed by atoms with Crippen LogP contribution in [0.2, 0.25) is 0 Å². The normalized spacial score (nSPS) is 13.9. The molecule has 0 bridgehead atoms. The second kappa shape index (κ2) is 6.52. The third-order valence-electron chi connectivity index (χ3n) is 4.05. The van der Waals surface area contributed by atoms with E-state index in [1.807, 2.05) is 36.4 Å². The van der Waals surface area contributed by atoms with Crippen molar-refractivity contribution < 1.29 is 9.59 Å². The molecular weight excluding hydrogens is 290 g/mol. The standard InChI is InChI=1S/C18H19N3O2/c19-18(23)21-17(22)16(13-5-2-1-3-6-13)20-15-10-9-12-7-4-8-14(12)11-15/h1-3,5-6,9-11,16,20H,4,7-8H2,(H3,19,21,22,23)/t16-/m0/s1. The molecule has 0 aromatic heterocycles. The minimum absolute atomic E-state index is 0.468. The van der Waals surface area contributed by atoms with Gasteiger partial charge in [0.1, 0.15) is 6.04 Å². The van der Waals surface area contributed by atoms with Crippen molar-refractivity contribution >= 4 is 17.6 Å². The summed E-state index contributed by atoms with van der Waals surface area (Å²) in [7, 11) is 0. The molecule has 118 valence electrons. The lowest BCUT2D eigenvalue weighted by molar-refractivity contribution is -0.120. The summed E-state index contributed by atoms with van der Waals surface area (Å²) in [6.45, 7) is 0. The van der Waals surface area contributed by atoms with Crippen molar-refractivity contribution in [1.82, 2.24) is 5.32 Å². The lowest BCUT2D eigenvalue weighted by Crippen LogP contribution is -2.40. The van der Waals surface area contributed by atoms with Crippen molar-refractivity contribution in [2.75, 3.05) is 5.32 Å². The summed E-state index contributed by atoms with van der Waals surface area (Å²) in [5.41, 5.74) is 9.39. The number of rotatable bonds is 4. The Labute approximate surface area is 134 Å². The van der Waals surface area contributed by atoms with Gasteiger partial charge in [-0.05, 0) is 48.1 Å². The number of nitrogens with two attached hydrogens (primary N) is 1. The number of hydrogen-bond donors (Lipinski definition) is 3. The van der Waals surface area contributed by atoms with E-state index < -0.39 is 18.0 Å². The summed E-state index contributed by atoms with van der Waals surface area (Å²) in [5.74, 6) is -0.468. The average Bonchev–Trinajstić information content (AvgIpc) is 3.00. The number of hydrogen-bond acceptors (Lipinski definition) is 3. The van der Waals surface area contributed by atoms with E-state index in [0.717, 1.165) is 24.1 Å². The summed E-state index contributed by atoms with van der Waals surface area (Å²) in [6.07, 6.45) is 3.34. The van der Waals surface area contributed by atoms with Crippen molar-refractivity contribution in [3.8, 4) is 0 Å². The van der Waals surface area contributed by atoms with Crippen LogP contribution in [0.4, 0.5) is 10.5 Å². The van der Waals surface area contributed by atoms with Crippen LogP contribution in [-0.2, 0) is 17.6 Å². The maximum atomic E-state index is 12.3. The third kappa shape index (κ3) is 3.51. The van der Waals surface area contributed by atoms with Crippen LogP contribution in [0, 0.1) is 0 Å². The van der Waals surface area contributed by atoms with Crippen LogP contribution in [-0.4, -0.2) is 11.9 Å². The molecular formula is C18H19N3O2. The van der Waals surface area contributed by atoms with Crippen LogP contribution < -0.4 is 16.4 Å². The van der Waals surface area contributed by atoms with Crippen LogP contribution in [0.15, 0.2) is 48.5 Å². The first-order valence-electron chi connectivity index (χ1n) is 7.67. The van der Waals surface area contributed by atoms with Gasteiger partial charge in [-0.3, -0.25) is 10.1 Å². The maximum Gasteiger partial charge on any atom is 0.318 e. The van der Waals surface area contributed by atoms with E-state index in [1.165, 1.54) is 17.5 Å². The van der Waals surface area contributed by atoms with E-state index >= 15 is 0 Å². The molecule has 5 heteroatoms. The SMILES string of the molecule is NC(=O)NC(=O)[C@@H](Nc1ccc2c(c1)CCC2)c1ccccc1. The highest BCUT2D eigenvalue weighted by Gasteiger charge is 2.22. The van der Waals surface area contributed by atoms with Gasteiger partial charge in [0, 0.05) is 5.69 Å². The number of fused-ring (bicyclic) bond motifs is 1. The summed E-state index contributed by atoms with van der Waals surface area (Å²) >= 11 is 0. The molecule has 2 aromatic carbocycles. The van der Waals surface area contributed by atoms with Gasteiger partial charge in [0.25, 0.3) is 5.91 Å². The molecule has 5 nitrogen and oxygen atoms in total. The highest BCUT2D eigenvalue weighted by atomic mass is 16.2. The number of benzene rings is 2. The zero-order chi connectivity index (χ0) is 16.2. The average molecular weight is 309 g/mol. The number of primary amides is 1. The highest BCUT2D eigenvalue weighted by molar-refractivity contribution is 5.98. The minimum Gasteiger partial charge on any atom is -0.370 e. The molecule has 0 heterocycles. The second-order valence-corrected chi connectivity index (χ2v) is 5.68. The Morgan fingerprint density at radius 3 is 2.48 bits per heavy atom. The Morgan fingerprint density at radius 1 is 1.00 bits per heavy atom. The fraction of sp³-hybridized carbons (Fsp3) is 0.222. The van der Waals surface area contributed by atoms with Crippen molar-refractivity contribution in [3.63, 3.8) is 0 Å². The zero-order valence-corrected chi connectivity index (χ0v) is 12.7. The number of nitrogens with one attached hydrogen (secondary N) is 2. The monoisotopic (exact) mass is 309 g/mol. The third-order valence-corrected chi connectivity index (χ3v) is 4.05. The Hall–Kier alpha value is -2.82. The van der Waals surface area contributed by atoms with Gasteiger partial charge < -0.3 is 11.1 Å². The molecule has 2 aromatic rings. The van der Waals surface area contributed by atoms with Crippen LogP contribution in [0.3, 0.4) is 0 Å². The molecule has 0 fully saturated rings. The Morgan fingerprint density at radius 2 is 1.74 bits per heavy atom. The van der Waals surface area contributed by atoms with Crippen LogP contribution in [0.25, 0.3) is 0 Å². The Kier molecular flexibility index (Phi) is 4.28. The number of urea groups is 1. The van der Waals surface area contributed by atoms with E-state index in [-0.39, 0.29) is 0 Å². The molecule has 0 spiro atoms. The first kappa shape index (κ1) is 15.1. The predicted molar refractivity (Wildman–Crippen MR) is 89.0 cm³/mol. The first-order valence-corrected chi connectivity index (χ1v) is 7.67. The molecule has 1 atom stereocenters. The number of amides is 3. The molecule has 1 aliphatic rings. The van der Waals surface area contributed by atoms with E-state index in [4.69, 9.17) is 5.73 Å². The molecule has 3 amide bonds. The van der Waals surface area contributed by atoms with Gasteiger partial charge in [-0.2, -0.15) is 0 Å². The van der Waals surface area contributed by atoms with Crippen LogP contribution in [0.5, 0.6) is 0 Å². The fourth-order valence-corrected chi connectivity index (χ4v) is 2.97. The van der Waals surface area contributed by atoms with E-state index in [9.17, 15) is 9.59 Å². The number of carbonyl (C=O) groups is 2. The van der Waals surface area contributed by atoms with Crippen molar-refractivity contribution in [2.24, 2.45) is 5.73 Å². The predicted octanol–water partition coefficient (Wildman–Crippen LogP) is 2.52. The van der Waals surface area contributed by atoms with Crippen LogP contribution in [0.1, 0.15) is 29.2 Å². The summed E-state index contributed by atoms with van der Waals surface area (Å²) < 4.78 is 0. The van der Waals surface area contributed by atoms with Crippen molar-refractivity contribution in [1.29, 1.82) is 0 Å². The van der Waals surface area contributed by atoms with Gasteiger partial charge >= 0.3 is 6.03 Å². The van der Waals surface area contributed by atoms with Crippen molar-refractivity contribution in [2.45, 2.75) is 25.3 Å². The molecule has 0 unspecified atom stereocenters. The highest BCUT2D eigenvalue weighted by Crippen LogP contribution is 2.27. The molecule has 23 heavy (non-hydrogen) atoms. The van der Waals surface area contributed by atoms with Gasteiger partial charge in [0.05, 0.1) is 0 Å². The molecule has 1 aliphatic carbocycles. The Bertz CT molecular complexity index is 728. The summed E-state index contributed by atoms with van der Waals surface area (Å²) in [6, 6.07) is 13.9. The number of anilines is 1. The molecule has 0 radical (unpaired) electrons. The lowest BCUT2D eigenvalue weighted by atomic mass is 10.0.